The Morgan fingerprint density at radius 3 is 1.05 bits per heavy atom. The minimum Gasteiger partial charge on any atom is -0.870 e. The number of aromatic carboxylic acids is 1. The summed E-state index contributed by atoms with van der Waals surface area (Å²) in [7, 11) is 5.05. The summed E-state index contributed by atoms with van der Waals surface area (Å²) in [4.78, 5) is 92.1. The van der Waals surface area contributed by atoms with Crippen LogP contribution in [0.1, 0.15) is 76.0 Å². The topological polar surface area (TPSA) is 251 Å². The number of hydrogen-bond acceptors (Lipinski definition) is 14. The Labute approximate surface area is 639 Å². The average molecular weight is 1670 g/mol. The summed E-state index contributed by atoms with van der Waals surface area (Å²) in [5.41, 5.74) is 7.64. The maximum absolute atomic E-state index is 15.2. The van der Waals surface area contributed by atoms with E-state index >= 15 is 13.2 Å². The van der Waals surface area contributed by atoms with Gasteiger partial charge in [0.25, 0.3) is 5.91 Å². The largest absolute Gasteiger partial charge is 1.00 e. The van der Waals surface area contributed by atoms with Gasteiger partial charge in [0.1, 0.15) is 51.6 Å². The molecule has 19 nitrogen and oxygen atoms in total. The molecule has 0 saturated carbocycles. The molecule has 102 heavy (non-hydrogen) atoms. The number of esters is 1. The van der Waals surface area contributed by atoms with Gasteiger partial charge in [-0.05, 0) is 133 Å². The van der Waals surface area contributed by atoms with Crippen LogP contribution in [0, 0.1) is 66.0 Å². The first-order valence-electron chi connectivity index (χ1n) is 30.0. The van der Waals surface area contributed by atoms with Crippen molar-refractivity contribution in [1.29, 1.82) is 0 Å². The number of nitrogens with zero attached hydrogens (tertiary/aromatic N) is 9. The molecule has 28 heteroatoms. The molecule has 1 amide bonds. The third kappa shape index (κ3) is 19.7. The Morgan fingerprint density at radius 1 is 0.490 bits per heavy atom. The Bertz CT molecular complexity index is 4870. The zero-order valence-electron chi connectivity index (χ0n) is 55.5. The maximum atomic E-state index is 15.2. The van der Waals surface area contributed by atoms with E-state index in [2.05, 4.69) is 15.0 Å². The molecule has 1 radical (unpaired) electrons. The van der Waals surface area contributed by atoms with Crippen LogP contribution in [0.3, 0.4) is 0 Å². The van der Waals surface area contributed by atoms with Gasteiger partial charge in [-0.15, -0.1) is 0 Å². The van der Waals surface area contributed by atoms with Gasteiger partial charge in [-0.1, -0.05) is 39.5 Å². The average Bonchev–Trinajstić information content (AvgIpc) is 0.770. The molecule has 0 saturated heterocycles. The fraction of sp³-hybridized carbons (Fsp3) is 0.149. The van der Waals surface area contributed by atoms with Crippen molar-refractivity contribution in [3.8, 4) is 17.1 Å². The van der Waals surface area contributed by atoms with Gasteiger partial charge in [0.05, 0.1) is 40.2 Å². The van der Waals surface area contributed by atoms with Crippen LogP contribution in [0.5, 0.6) is 0 Å². The van der Waals surface area contributed by atoms with Crippen molar-refractivity contribution >= 4 is 67.6 Å². The van der Waals surface area contributed by atoms with E-state index in [4.69, 9.17) is 10.5 Å². The van der Waals surface area contributed by atoms with Crippen LogP contribution in [0.25, 0.3) is 49.8 Å². The second-order valence-electron chi connectivity index (χ2n) is 21.7. The molecule has 0 aliphatic heterocycles. The molecule has 0 unspecified atom stereocenters. The molecule has 0 fully saturated rings. The van der Waals surface area contributed by atoms with Crippen molar-refractivity contribution in [2.24, 2.45) is 5.73 Å². The summed E-state index contributed by atoms with van der Waals surface area (Å²) >= 11 is 0. The van der Waals surface area contributed by atoms with Crippen LogP contribution in [0.15, 0.2) is 216 Å². The molecule has 6 aromatic heterocycles. The molecular formula is C74H67F6N10NaO9UV. The van der Waals surface area contributed by atoms with Gasteiger partial charge in [-0.2, -0.15) is 0 Å². The van der Waals surface area contributed by atoms with Crippen LogP contribution >= 0.6 is 0 Å². The normalized spacial score (nSPS) is 10.2. The van der Waals surface area contributed by atoms with Crippen molar-refractivity contribution in [3.05, 3.63) is 300 Å². The second-order valence-corrected chi connectivity index (χ2v) is 21.7. The number of benzene rings is 6. The summed E-state index contributed by atoms with van der Waals surface area (Å²) in [6.07, 6.45) is 13.6. The summed E-state index contributed by atoms with van der Waals surface area (Å²) in [6.45, 7) is 6.78. The van der Waals surface area contributed by atoms with E-state index in [1.54, 1.807) is 98.1 Å². The number of carbonyl (C=O) groups is 3. The van der Waals surface area contributed by atoms with Crippen molar-refractivity contribution in [3.63, 3.8) is 0 Å². The first kappa shape index (κ1) is 84.8. The summed E-state index contributed by atoms with van der Waals surface area (Å²) in [6, 6.07) is 34.8. The molecule has 4 N–H and O–H groups in total. The molecule has 0 aliphatic rings. The quantitative estimate of drug-likeness (QED) is 0.0518. The maximum Gasteiger partial charge on any atom is 1.00 e. The molecule has 6 aromatic carbocycles. The third-order valence-electron chi connectivity index (χ3n) is 15.2. The van der Waals surface area contributed by atoms with Gasteiger partial charge >= 0.3 is 41.5 Å². The minimum atomic E-state index is -1.41. The van der Waals surface area contributed by atoms with Crippen LogP contribution in [0.4, 0.5) is 43.4 Å². The fourth-order valence-corrected chi connectivity index (χ4v) is 10.6. The number of anilines is 3. The van der Waals surface area contributed by atoms with E-state index in [9.17, 15) is 47.0 Å². The molecule has 519 valence electrons. The van der Waals surface area contributed by atoms with Crippen molar-refractivity contribution in [2.45, 2.75) is 47.8 Å². The molecular weight excluding hydrogens is 1600 g/mol. The van der Waals surface area contributed by atoms with Gasteiger partial charge in [0, 0.05) is 198 Å². The van der Waals surface area contributed by atoms with Crippen LogP contribution in [0.2, 0.25) is 0 Å². The number of hydrogen-bond donors (Lipinski definition) is 2. The third-order valence-corrected chi connectivity index (χ3v) is 15.2. The molecule has 0 bridgehead atoms. The van der Waals surface area contributed by atoms with E-state index in [0.29, 0.717) is 36.7 Å². The molecule has 12 rings (SSSR count). The van der Waals surface area contributed by atoms with Gasteiger partial charge in [-0.25, -0.2) is 35.9 Å². The zero-order chi connectivity index (χ0) is 69.8. The number of ether oxygens (including phenoxy) is 1. The predicted molar refractivity (Wildman–Crippen MR) is 369 cm³/mol. The Hall–Kier alpha value is -9.61. The van der Waals surface area contributed by atoms with E-state index in [1.807, 2.05) is 32.0 Å². The summed E-state index contributed by atoms with van der Waals surface area (Å²) < 4.78 is 94.9. The van der Waals surface area contributed by atoms with E-state index in [0.717, 1.165) is 22.9 Å². The number of carboxylic acid groups (broad SMARTS) is 1. The van der Waals surface area contributed by atoms with E-state index in [-0.39, 0.29) is 160 Å². The number of aromatic nitrogens is 6. The number of halogens is 6. The standard InChI is InChI=1S/C25H21F2N3O3.C23H18F2N4O2.C23H17F2N3O3.C2H6.CH4.Na.H2O.U.V/c1-3-33-25(32)20-15-30(18-8-6-17(26)7-9-18)22-12-21(27)23(11-19(22)24(20)31)29(2)14-16-5-4-10-28-13-16;1-28(12-14-3-2-8-27-11-14)21-9-17-20(10-19(21)25)29(13-18(22(17)30)23(26)31)16-6-4-15(24)5-7-16;1-27(12-14-3-2-8-26-11-14)21-9-17-20(10-19(21)25)28(13-18(22(17)29)23(30)31)16-6-4-15(24)5-7-16;1-2;;;;;/h4-13,15H,3,14H2,1-2H3;2-11,13H,12H2,1H3,(H2,26,31);2-11,13H,12H2,1H3,(H,30,31);1-2H3;1H4;;1H2;;/q;;;;;+1;;;/p-1. The number of pyridine rings is 6. The van der Waals surface area contributed by atoms with Crippen molar-refractivity contribution < 1.29 is 135 Å². The fourth-order valence-electron chi connectivity index (χ4n) is 10.6. The van der Waals surface area contributed by atoms with Crippen molar-refractivity contribution in [1.82, 2.24) is 28.7 Å². The predicted octanol–water partition coefficient (Wildman–Crippen LogP) is 10.4. The van der Waals surface area contributed by atoms with Gasteiger partial charge in [0.15, 0.2) is 0 Å². The summed E-state index contributed by atoms with van der Waals surface area (Å²) in [5, 5.41) is 9.80. The van der Waals surface area contributed by atoms with Gasteiger partial charge < -0.3 is 49.5 Å². The number of fused-ring (bicyclic) bond motifs is 3. The molecule has 0 spiro atoms. The Balaban J connectivity index is 0.000000313. The number of carboxylic acids is 1. The first-order valence-corrected chi connectivity index (χ1v) is 30.0. The number of amides is 1. The molecule has 6 heterocycles. The molecule has 0 atom stereocenters. The Kier molecular flexibility index (Phi) is 31.9. The smallest absolute Gasteiger partial charge is 0.870 e. The van der Waals surface area contributed by atoms with E-state index < -0.39 is 74.6 Å². The number of rotatable bonds is 16. The van der Waals surface area contributed by atoms with Crippen LogP contribution in [-0.2, 0) is 42.9 Å². The second kappa shape index (κ2) is 38.4. The Morgan fingerprint density at radius 2 is 0.775 bits per heavy atom. The number of primary amides is 1. The number of nitrogens with two attached hydrogens (primary N) is 1. The van der Waals surface area contributed by atoms with E-state index in [1.165, 1.54) is 135 Å². The summed E-state index contributed by atoms with van der Waals surface area (Å²) in [5.74, 6) is -6.15. The van der Waals surface area contributed by atoms with Crippen molar-refractivity contribution in [2.75, 3.05) is 42.4 Å². The monoisotopic (exact) mass is 1670 g/mol. The first-order chi connectivity index (χ1) is 46.6. The number of carbonyl (C=O) groups excluding carboxylic acids is 2. The van der Waals surface area contributed by atoms with Gasteiger partial charge in [-0.3, -0.25) is 34.1 Å². The zero-order valence-corrected chi connectivity index (χ0v) is 63.0. The molecule has 0 aliphatic carbocycles. The minimum absolute atomic E-state index is 0. The van der Waals surface area contributed by atoms with Gasteiger partial charge in [0.2, 0.25) is 16.3 Å². The van der Waals surface area contributed by atoms with Crippen LogP contribution in [-0.4, -0.2) is 84.8 Å². The SMILES string of the molecule is C.CC.CCOC(=O)c1cn(-c2ccc(F)cc2)c2cc(F)c(N(C)Cc3cccnc3)cc2c1=O.CN(Cc1cccnc1)c1cc2c(=O)c(C(=O)O)cn(-c3ccc(F)cc3)c2cc1F.CN(Cc1cccnc1)c1cc2c(=O)c(C(N)=O)cn(-c3ccc(F)cc3)c2cc1F.[Na+].[OH-].[U].[V]. The molecule has 12 aromatic rings. The van der Waals surface area contributed by atoms with Crippen LogP contribution < -0.4 is 66.3 Å².